The fourth-order valence-corrected chi connectivity index (χ4v) is 2.89. The van der Waals surface area contributed by atoms with Crippen molar-refractivity contribution in [3.63, 3.8) is 0 Å². The Bertz CT molecular complexity index is 169. The van der Waals surface area contributed by atoms with Crippen LogP contribution in [-0.2, 0) is 0 Å². The monoisotopic (exact) mass is 182 g/mol. The van der Waals surface area contributed by atoms with Gasteiger partial charge in [-0.05, 0) is 45.2 Å². The first-order chi connectivity index (χ1) is 6.33. The SMILES string of the molecule is CNCC1CCCN1C1CCC1C. The molecule has 2 aliphatic rings. The molecule has 1 aliphatic heterocycles. The zero-order valence-electron chi connectivity index (χ0n) is 8.92. The van der Waals surface area contributed by atoms with Gasteiger partial charge in [0.2, 0.25) is 0 Å². The zero-order valence-corrected chi connectivity index (χ0v) is 8.92. The molecule has 2 fully saturated rings. The van der Waals surface area contributed by atoms with Crippen molar-refractivity contribution < 1.29 is 0 Å². The summed E-state index contributed by atoms with van der Waals surface area (Å²) in [5, 5.41) is 3.32. The summed E-state index contributed by atoms with van der Waals surface area (Å²) in [4.78, 5) is 2.75. The molecule has 1 aliphatic carbocycles. The van der Waals surface area contributed by atoms with Crippen LogP contribution in [0.25, 0.3) is 0 Å². The fourth-order valence-electron chi connectivity index (χ4n) is 2.89. The summed E-state index contributed by atoms with van der Waals surface area (Å²) in [5.41, 5.74) is 0. The minimum atomic E-state index is 0.831. The second kappa shape index (κ2) is 3.97. The van der Waals surface area contributed by atoms with Crippen LogP contribution in [0.5, 0.6) is 0 Å². The fraction of sp³-hybridized carbons (Fsp3) is 1.00. The molecule has 2 rings (SSSR count). The molecule has 2 nitrogen and oxygen atoms in total. The molecular weight excluding hydrogens is 160 g/mol. The lowest BCUT2D eigenvalue weighted by Gasteiger charge is -2.43. The number of likely N-dealkylation sites (tertiary alicyclic amines) is 1. The van der Waals surface area contributed by atoms with Crippen LogP contribution < -0.4 is 5.32 Å². The van der Waals surface area contributed by atoms with E-state index in [4.69, 9.17) is 0 Å². The number of rotatable bonds is 3. The van der Waals surface area contributed by atoms with Gasteiger partial charge in [0.05, 0.1) is 0 Å². The Labute approximate surface area is 81.7 Å². The van der Waals surface area contributed by atoms with Gasteiger partial charge in [0, 0.05) is 18.6 Å². The number of nitrogens with one attached hydrogen (secondary N) is 1. The summed E-state index contributed by atoms with van der Waals surface area (Å²) in [6.07, 6.45) is 5.72. The number of nitrogens with zero attached hydrogens (tertiary/aromatic N) is 1. The van der Waals surface area contributed by atoms with Crippen LogP contribution in [0.1, 0.15) is 32.6 Å². The second-order valence-corrected chi connectivity index (χ2v) is 4.71. The highest BCUT2D eigenvalue weighted by atomic mass is 15.2. The summed E-state index contributed by atoms with van der Waals surface area (Å²) in [6, 6.07) is 1.75. The van der Waals surface area contributed by atoms with E-state index >= 15 is 0 Å². The van der Waals surface area contributed by atoms with Crippen LogP contribution in [0.2, 0.25) is 0 Å². The van der Waals surface area contributed by atoms with Crippen molar-refractivity contribution in [2.45, 2.75) is 44.7 Å². The van der Waals surface area contributed by atoms with E-state index in [0.717, 1.165) is 18.0 Å². The van der Waals surface area contributed by atoms with E-state index in [2.05, 4.69) is 24.2 Å². The van der Waals surface area contributed by atoms with E-state index in [0.29, 0.717) is 0 Å². The Morgan fingerprint density at radius 1 is 1.31 bits per heavy atom. The third-order valence-electron chi connectivity index (χ3n) is 3.86. The Hall–Kier alpha value is -0.0800. The van der Waals surface area contributed by atoms with Gasteiger partial charge in [-0.25, -0.2) is 0 Å². The molecule has 13 heavy (non-hydrogen) atoms. The van der Waals surface area contributed by atoms with Crippen molar-refractivity contribution in [3.8, 4) is 0 Å². The number of hydrogen-bond acceptors (Lipinski definition) is 2. The average molecular weight is 182 g/mol. The van der Waals surface area contributed by atoms with Gasteiger partial charge in [-0.1, -0.05) is 6.92 Å². The first-order valence-electron chi connectivity index (χ1n) is 5.73. The standard InChI is InChI=1S/C11H22N2/c1-9-5-6-11(9)13-7-3-4-10(13)8-12-2/h9-12H,3-8H2,1-2H3. The first kappa shape index (κ1) is 9.47. The predicted octanol–water partition coefficient (Wildman–Crippen LogP) is 1.47. The summed E-state index contributed by atoms with van der Waals surface area (Å²) in [7, 11) is 2.07. The molecule has 1 N–H and O–H groups in total. The van der Waals surface area contributed by atoms with E-state index in [9.17, 15) is 0 Å². The molecule has 76 valence electrons. The Morgan fingerprint density at radius 3 is 2.69 bits per heavy atom. The van der Waals surface area contributed by atoms with E-state index in [1.807, 2.05) is 0 Å². The van der Waals surface area contributed by atoms with Crippen LogP contribution in [0, 0.1) is 5.92 Å². The van der Waals surface area contributed by atoms with Gasteiger partial charge >= 0.3 is 0 Å². The molecule has 0 radical (unpaired) electrons. The van der Waals surface area contributed by atoms with Gasteiger partial charge in [-0.3, -0.25) is 4.90 Å². The zero-order chi connectivity index (χ0) is 9.26. The molecule has 1 saturated carbocycles. The molecule has 0 spiro atoms. The maximum absolute atomic E-state index is 3.32. The molecular formula is C11H22N2. The largest absolute Gasteiger partial charge is 0.318 e. The van der Waals surface area contributed by atoms with Gasteiger partial charge in [-0.15, -0.1) is 0 Å². The topological polar surface area (TPSA) is 15.3 Å². The van der Waals surface area contributed by atoms with Crippen molar-refractivity contribution in [2.75, 3.05) is 20.1 Å². The van der Waals surface area contributed by atoms with Gasteiger partial charge < -0.3 is 5.32 Å². The van der Waals surface area contributed by atoms with Gasteiger partial charge in [0.1, 0.15) is 0 Å². The minimum Gasteiger partial charge on any atom is -0.318 e. The quantitative estimate of drug-likeness (QED) is 0.711. The van der Waals surface area contributed by atoms with Crippen LogP contribution in [0.15, 0.2) is 0 Å². The Kier molecular flexibility index (Phi) is 2.89. The smallest absolute Gasteiger partial charge is 0.0224 e. The maximum Gasteiger partial charge on any atom is 0.0224 e. The van der Waals surface area contributed by atoms with E-state index < -0.39 is 0 Å². The van der Waals surface area contributed by atoms with Crippen molar-refractivity contribution >= 4 is 0 Å². The lowest BCUT2D eigenvalue weighted by atomic mass is 9.79. The van der Waals surface area contributed by atoms with Gasteiger partial charge in [0.25, 0.3) is 0 Å². The van der Waals surface area contributed by atoms with Crippen molar-refractivity contribution in [1.29, 1.82) is 0 Å². The van der Waals surface area contributed by atoms with E-state index in [1.165, 1.54) is 38.8 Å². The molecule has 1 saturated heterocycles. The van der Waals surface area contributed by atoms with Crippen molar-refractivity contribution in [3.05, 3.63) is 0 Å². The third-order valence-corrected chi connectivity index (χ3v) is 3.86. The van der Waals surface area contributed by atoms with Gasteiger partial charge in [-0.2, -0.15) is 0 Å². The van der Waals surface area contributed by atoms with E-state index in [1.54, 1.807) is 0 Å². The molecule has 0 aromatic carbocycles. The predicted molar refractivity (Wildman–Crippen MR) is 55.8 cm³/mol. The second-order valence-electron chi connectivity index (χ2n) is 4.71. The highest BCUT2D eigenvalue weighted by Gasteiger charge is 2.37. The molecule has 0 aromatic heterocycles. The normalized spacial score (nSPS) is 40.6. The van der Waals surface area contributed by atoms with Crippen LogP contribution in [0.4, 0.5) is 0 Å². The minimum absolute atomic E-state index is 0.831. The molecule has 1 heterocycles. The van der Waals surface area contributed by atoms with Gasteiger partial charge in [0.15, 0.2) is 0 Å². The highest BCUT2D eigenvalue weighted by molar-refractivity contribution is 4.93. The average Bonchev–Trinajstić information content (AvgIpc) is 2.52. The number of hydrogen-bond donors (Lipinski definition) is 1. The molecule has 3 atom stereocenters. The van der Waals surface area contributed by atoms with Crippen molar-refractivity contribution in [1.82, 2.24) is 10.2 Å². The first-order valence-corrected chi connectivity index (χ1v) is 5.73. The molecule has 2 heteroatoms. The lowest BCUT2D eigenvalue weighted by molar-refractivity contribution is 0.0619. The highest BCUT2D eigenvalue weighted by Crippen LogP contribution is 2.35. The van der Waals surface area contributed by atoms with Crippen LogP contribution >= 0.6 is 0 Å². The summed E-state index contributed by atoms with van der Waals surface area (Å²) < 4.78 is 0. The molecule has 3 unspecified atom stereocenters. The van der Waals surface area contributed by atoms with E-state index in [-0.39, 0.29) is 0 Å². The lowest BCUT2D eigenvalue weighted by Crippen LogP contribution is -2.50. The summed E-state index contributed by atoms with van der Waals surface area (Å²) in [5.74, 6) is 0.956. The van der Waals surface area contributed by atoms with Crippen LogP contribution in [0.3, 0.4) is 0 Å². The summed E-state index contributed by atoms with van der Waals surface area (Å²) in [6.45, 7) is 4.94. The Morgan fingerprint density at radius 2 is 2.15 bits per heavy atom. The van der Waals surface area contributed by atoms with Crippen molar-refractivity contribution in [2.24, 2.45) is 5.92 Å². The number of likely N-dealkylation sites (N-methyl/N-ethyl adjacent to an activating group) is 1. The molecule has 0 bridgehead atoms. The maximum atomic E-state index is 3.32. The third kappa shape index (κ3) is 1.75. The molecule has 0 aromatic rings. The summed E-state index contributed by atoms with van der Waals surface area (Å²) >= 11 is 0. The Balaban J connectivity index is 1.89. The molecule has 0 amide bonds. The van der Waals surface area contributed by atoms with Crippen LogP contribution in [-0.4, -0.2) is 37.1 Å².